The zero-order valence-electron chi connectivity index (χ0n) is 14.8. The Labute approximate surface area is 150 Å². The van der Waals surface area contributed by atoms with Crippen LogP contribution in [0.1, 0.15) is 31.2 Å². The first-order chi connectivity index (χ1) is 12.0. The van der Waals surface area contributed by atoms with Crippen LogP contribution in [0.2, 0.25) is 0 Å². The third-order valence-corrected chi connectivity index (χ3v) is 7.23. The summed E-state index contributed by atoms with van der Waals surface area (Å²) in [7, 11) is -2.30. The van der Waals surface area contributed by atoms with Gasteiger partial charge in [-0.3, -0.25) is 4.79 Å². The number of nitrogens with two attached hydrogens (primary N) is 1. The lowest BCUT2D eigenvalue weighted by Crippen LogP contribution is -2.48. The molecule has 7 heteroatoms. The minimum absolute atomic E-state index is 0.254. The van der Waals surface area contributed by atoms with E-state index in [2.05, 4.69) is 0 Å². The number of ether oxygens (including phenoxy) is 1. The van der Waals surface area contributed by atoms with Gasteiger partial charge in [-0.1, -0.05) is 43.2 Å². The number of hydrogen-bond donors (Lipinski definition) is 1. The molecule has 1 aliphatic rings. The standard InChI is InChI=1S/C18H28N2O4S/c1-24-18(21)16-9-5-6-10-17(16)25(22,23)20(14-12-19)13-11-15-7-3-2-4-8-15/h2-4,7-8,16-17H,5-6,9-14,19H2,1H3. The fourth-order valence-corrected chi connectivity index (χ4v) is 5.69. The molecule has 2 N–H and O–H groups in total. The Balaban J connectivity index is 2.17. The molecule has 0 bridgehead atoms. The van der Waals surface area contributed by atoms with Crippen molar-refractivity contribution in [3.63, 3.8) is 0 Å². The van der Waals surface area contributed by atoms with E-state index in [4.69, 9.17) is 10.5 Å². The topological polar surface area (TPSA) is 89.7 Å². The average Bonchev–Trinajstić information content (AvgIpc) is 2.65. The highest BCUT2D eigenvalue weighted by Crippen LogP contribution is 2.32. The van der Waals surface area contributed by atoms with E-state index in [-0.39, 0.29) is 13.1 Å². The summed E-state index contributed by atoms with van der Waals surface area (Å²) in [5, 5.41) is -0.712. The van der Waals surface area contributed by atoms with E-state index in [0.29, 0.717) is 25.8 Å². The highest BCUT2D eigenvalue weighted by molar-refractivity contribution is 7.89. The highest BCUT2D eigenvalue weighted by atomic mass is 32.2. The van der Waals surface area contributed by atoms with E-state index >= 15 is 0 Å². The summed E-state index contributed by atoms with van der Waals surface area (Å²) < 4.78 is 32.7. The van der Waals surface area contributed by atoms with Crippen LogP contribution < -0.4 is 5.73 Å². The zero-order valence-corrected chi connectivity index (χ0v) is 15.6. The Morgan fingerprint density at radius 2 is 1.88 bits per heavy atom. The first-order valence-corrected chi connectivity index (χ1v) is 10.3. The lowest BCUT2D eigenvalue weighted by molar-refractivity contribution is -0.146. The van der Waals surface area contributed by atoms with Gasteiger partial charge in [-0.05, 0) is 24.8 Å². The number of nitrogens with zero attached hydrogens (tertiary/aromatic N) is 1. The van der Waals surface area contributed by atoms with Crippen molar-refractivity contribution in [1.82, 2.24) is 4.31 Å². The average molecular weight is 368 g/mol. The fraction of sp³-hybridized carbons (Fsp3) is 0.611. The van der Waals surface area contributed by atoms with Gasteiger partial charge in [0.2, 0.25) is 10.0 Å². The Morgan fingerprint density at radius 1 is 1.20 bits per heavy atom. The molecule has 1 aromatic rings. The number of methoxy groups -OCH3 is 1. The van der Waals surface area contributed by atoms with Crippen LogP contribution >= 0.6 is 0 Å². The maximum atomic E-state index is 13.2. The quantitative estimate of drug-likeness (QED) is 0.703. The second-order valence-corrected chi connectivity index (χ2v) is 8.57. The van der Waals surface area contributed by atoms with Gasteiger partial charge in [0.05, 0.1) is 18.3 Å². The molecule has 25 heavy (non-hydrogen) atoms. The van der Waals surface area contributed by atoms with Gasteiger partial charge < -0.3 is 10.5 Å². The normalized spacial score (nSPS) is 21.2. The van der Waals surface area contributed by atoms with Crippen LogP contribution in [0.25, 0.3) is 0 Å². The van der Waals surface area contributed by atoms with Crippen molar-refractivity contribution in [3.05, 3.63) is 35.9 Å². The van der Waals surface area contributed by atoms with Gasteiger partial charge in [0.25, 0.3) is 0 Å². The summed E-state index contributed by atoms with van der Waals surface area (Å²) in [6.45, 7) is 0.886. The second-order valence-electron chi connectivity index (χ2n) is 6.42. The molecule has 140 valence electrons. The molecule has 1 fully saturated rings. The Hall–Kier alpha value is -1.44. The molecule has 0 radical (unpaired) electrons. The fourth-order valence-electron chi connectivity index (χ4n) is 3.47. The monoisotopic (exact) mass is 368 g/mol. The number of benzene rings is 1. The molecule has 0 aromatic heterocycles. The van der Waals surface area contributed by atoms with Crippen LogP contribution in [-0.2, 0) is 26.0 Å². The van der Waals surface area contributed by atoms with Gasteiger partial charge in [0.1, 0.15) is 0 Å². The van der Waals surface area contributed by atoms with Gasteiger partial charge in [0.15, 0.2) is 0 Å². The molecule has 2 unspecified atom stereocenters. The second kappa shape index (κ2) is 9.31. The molecule has 2 rings (SSSR count). The van der Waals surface area contributed by atoms with Gasteiger partial charge in [0, 0.05) is 19.6 Å². The smallest absolute Gasteiger partial charge is 0.310 e. The molecule has 6 nitrogen and oxygen atoms in total. The molecule has 1 saturated carbocycles. The van der Waals surface area contributed by atoms with Crippen LogP contribution in [0, 0.1) is 5.92 Å². The molecule has 0 heterocycles. The number of carbonyl (C=O) groups excluding carboxylic acids is 1. The summed E-state index contributed by atoms with van der Waals surface area (Å²) in [5.74, 6) is -1.01. The lowest BCUT2D eigenvalue weighted by atomic mass is 9.89. The number of sulfonamides is 1. The predicted molar refractivity (Wildman–Crippen MR) is 97.5 cm³/mol. The summed E-state index contributed by atoms with van der Waals surface area (Å²) in [4.78, 5) is 12.1. The Bertz CT molecular complexity index is 648. The van der Waals surface area contributed by atoms with Crippen LogP contribution in [0.15, 0.2) is 30.3 Å². The van der Waals surface area contributed by atoms with E-state index in [9.17, 15) is 13.2 Å². The Morgan fingerprint density at radius 3 is 2.52 bits per heavy atom. The van der Waals surface area contributed by atoms with Gasteiger partial charge in [-0.2, -0.15) is 0 Å². The minimum Gasteiger partial charge on any atom is -0.469 e. The van der Waals surface area contributed by atoms with Crippen LogP contribution in [-0.4, -0.2) is 50.7 Å². The largest absolute Gasteiger partial charge is 0.469 e. The molecule has 0 saturated heterocycles. The highest BCUT2D eigenvalue weighted by Gasteiger charge is 2.42. The van der Waals surface area contributed by atoms with E-state index < -0.39 is 27.2 Å². The summed E-state index contributed by atoms with van der Waals surface area (Å²) in [5.41, 5.74) is 6.72. The third-order valence-electron chi connectivity index (χ3n) is 4.82. The van der Waals surface area contributed by atoms with E-state index in [0.717, 1.165) is 18.4 Å². The number of carbonyl (C=O) groups is 1. The first kappa shape index (κ1) is 19.9. The van der Waals surface area contributed by atoms with E-state index in [1.54, 1.807) is 0 Å². The number of esters is 1. The first-order valence-electron chi connectivity index (χ1n) is 8.81. The minimum atomic E-state index is -3.61. The third kappa shape index (κ3) is 5.03. The predicted octanol–water partition coefficient (Wildman–Crippen LogP) is 1.55. The van der Waals surface area contributed by atoms with Crippen molar-refractivity contribution in [3.8, 4) is 0 Å². The molecular formula is C18H28N2O4S. The zero-order chi connectivity index (χ0) is 18.3. The van der Waals surface area contributed by atoms with Crippen LogP contribution in [0.3, 0.4) is 0 Å². The van der Waals surface area contributed by atoms with Crippen molar-refractivity contribution in [2.24, 2.45) is 11.7 Å². The van der Waals surface area contributed by atoms with Crippen molar-refractivity contribution >= 4 is 16.0 Å². The molecule has 0 amide bonds. The molecule has 2 atom stereocenters. The van der Waals surface area contributed by atoms with Crippen molar-refractivity contribution in [2.45, 2.75) is 37.4 Å². The van der Waals surface area contributed by atoms with E-state index in [1.165, 1.54) is 11.4 Å². The molecule has 1 aliphatic carbocycles. The van der Waals surface area contributed by atoms with Crippen molar-refractivity contribution in [2.75, 3.05) is 26.7 Å². The number of hydrogen-bond acceptors (Lipinski definition) is 5. The molecular weight excluding hydrogens is 340 g/mol. The molecule has 0 spiro atoms. The van der Waals surface area contributed by atoms with Crippen molar-refractivity contribution in [1.29, 1.82) is 0 Å². The SMILES string of the molecule is COC(=O)C1CCCCC1S(=O)(=O)N(CCN)CCc1ccccc1. The number of rotatable bonds is 8. The lowest BCUT2D eigenvalue weighted by Gasteiger charge is -2.33. The van der Waals surface area contributed by atoms with Gasteiger partial charge in [-0.25, -0.2) is 12.7 Å². The van der Waals surface area contributed by atoms with Crippen LogP contribution in [0.4, 0.5) is 0 Å². The maximum absolute atomic E-state index is 13.2. The van der Waals surface area contributed by atoms with Crippen molar-refractivity contribution < 1.29 is 17.9 Å². The summed E-state index contributed by atoms with van der Waals surface area (Å²) >= 11 is 0. The summed E-state index contributed by atoms with van der Waals surface area (Å²) in [6, 6.07) is 9.76. The van der Waals surface area contributed by atoms with Crippen LogP contribution in [0.5, 0.6) is 0 Å². The summed E-state index contributed by atoms with van der Waals surface area (Å²) in [6.07, 6.45) is 3.34. The van der Waals surface area contributed by atoms with E-state index in [1.807, 2.05) is 30.3 Å². The van der Waals surface area contributed by atoms with Gasteiger partial charge >= 0.3 is 5.97 Å². The molecule has 1 aromatic carbocycles. The Kier molecular flexibility index (Phi) is 7.40. The molecule has 0 aliphatic heterocycles. The van der Waals surface area contributed by atoms with Gasteiger partial charge in [-0.15, -0.1) is 0 Å². The maximum Gasteiger partial charge on any atom is 0.310 e.